The van der Waals surface area contributed by atoms with Crippen molar-refractivity contribution in [3.8, 4) is 0 Å². The summed E-state index contributed by atoms with van der Waals surface area (Å²) in [6, 6.07) is 5.87. The highest BCUT2D eigenvalue weighted by molar-refractivity contribution is 9.10. The van der Waals surface area contributed by atoms with Gasteiger partial charge in [-0.05, 0) is 30.2 Å². The molecular weight excluding hydrogens is 325 g/mol. The zero-order valence-corrected chi connectivity index (χ0v) is 12.7. The predicted octanol–water partition coefficient (Wildman–Crippen LogP) is 3.02. The summed E-state index contributed by atoms with van der Waals surface area (Å²) in [6.07, 6.45) is 2.57. The zero-order chi connectivity index (χ0) is 14.5. The number of rotatable bonds is 5. The molecule has 6 heteroatoms. The van der Waals surface area contributed by atoms with Crippen molar-refractivity contribution in [2.24, 2.45) is 0 Å². The molecule has 0 saturated carbocycles. The Morgan fingerprint density at radius 3 is 2.90 bits per heavy atom. The molecule has 0 radical (unpaired) electrons. The molecular formula is C14H15BrFN3O. The van der Waals surface area contributed by atoms with Gasteiger partial charge >= 0.3 is 0 Å². The number of aromatic nitrogens is 2. The Morgan fingerprint density at radius 2 is 2.20 bits per heavy atom. The van der Waals surface area contributed by atoms with Gasteiger partial charge in [0.1, 0.15) is 5.82 Å². The zero-order valence-electron chi connectivity index (χ0n) is 11.1. The van der Waals surface area contributed by atoms with Gasteiger partial charge < -0.3 is 5.32 Å². The highest BCUT2D eigenvalue weighted by Gasteiger charge is 2.06. The molecule has 0 unspecified atom stereocenters. The lowest BCUT2D eigenvalue weighted by molar-refractivity contribution is 0.609. The minimum absolute atomic E-state index is 0.220. The van der Waals surface area contributed by atoms with Crippen molar-refractivity contribution >= 4 is 21.6 Å². The van der Waals surface area contributed by atoms with Gasteiger partial charge in [0.15, 0.2) is 0 Å². The third-order valence-electron chi connectivity index (χ3n) is 2.78. The molecule has 0 fully saturated rings. The minimum Gasteiger partial charge on any atom is -0.384 e. The van der Waals surface area contributed by atoms with E-state index in [4.69, 9.17) is 0 Å². The maximum atomic E-state index is 13.2. The Balaban J connectivity index is 2.21. The van der Waals surface area contributed by atoms with E-state index in [1.807, 2.05) is 6.92 Å². The number of benzene rings is 1. The average molecular weight is 340 g/mol. The van der Waals surface area contributed by atoms with E-state index in [0.29, 0.717) is 11.3 Å². The number of hydrogen-bond donors (Lipinski definition) is 1. The molecule has 2 aromatic rings. The third kappa shape index (κ3) is 3.66. The first-order valence-electron chi connectivity index (χ1n) is 6.35. The molecule has 0 amide bonds. The Kier molecular flexibility index (Phi) is 4.89. The quantitative estimate of drug-likeness (QED) is 0.910. The molecule has 1 aromatic carbocycles. The molecule has 0 aliphatic carbocycles. The van der Waals surface area contributed by atoms with Crippen molar-refractivity contribution in [1.29, 1.82) is 0 Å². The third-order valence-corrected chi connectivity index (χ3v) is 3.55. The van der Waals surface area contributed by atoms with Crippen LogP contribution < -0.4 is 10.9 Å². The van der Waals surface area contributed by atoms with Crippen LogP contribution in [-0.4, -0.2) is 16.3 Å². The summed E-state index contributed by atoms with van der Waals surface area (Å²) < 4.78 is 15.3. The second-order valence-corrected chi connectivity index (χ2v) is 5.26. The van der Waals surface area contributed by atoms with Crippen molar-refractivity contribution in [2.75, 3.05) is 11.9 Å². The second kappa shape index (κ2) is 6.65. The first-order chi connectivity index (χ1) is 9.60. The summed E-state index contributed by atoms with van der Waals surface area (Å²) in [5, 5.41) is 7.20. The smallest absolute Gasteiger partial charge is 0.269 e. The number of nitrogens with zero attached hydrogens (tertiary/aromatic N) is 2. The molecule has 0 spiro atoms. The molecule has 2 rings (SSSR count). The standard InChI is InChI=1S/C14H15BrFN3O/c1-2-5-17-12-7-14(20)19(18-8-12)9-10-6-11(16)3-4-13(10)15/h3-4,6-8,17H,2,5,9H2,1H3. The van der Waals surface area contributed by atoms with E-state index in [1.165, 1.54) is 22.9 Å². The van der Waals surface area contributed by atoms with Crippen LogP contribution in [0.2, 0.25) is 0 Å². The summed E-state index contributed by atoms with van der Waals surface area (Å²) >= 11 is 3.34. The predicted molar refractivity (Wildman–Crippen MR) is 80.5 cm³/mol. The maximum Gasteiger partial charge on any atom is 0.269 e. The molecule has 1 aromatic heterocycles. The SMILES string of the molecule is CCCNc1cnn(Cc2cc(F)ccc2Br)c(=O)c1. The van der Waals surface area contributed by atoms with Gasteiger partial charge in [0.2, 0.25) is 0 Å². The second-order valence-electron chi connectivity index (χ2n) is 4.40. The van der Waals surface area contributed by atoms with E-state index in [-0.39, 0.29) is 17.9 Å². The Morgan fingerprint density at radius 1 is 1.40 bits per heavy atom. The van der Waals surface area contributed by atoms with Crippen LogP contribution in [0, 0.1) is 5.82 Å². The Labute approximate surface area is 124 Å². The summed E-state index contributed by atoms with van der Waals surface area (Å²) in [4.78, 5) is 12.0. The van der Waals surface area contributed by atoms with E-state index in [0.717, 1.165) is 17.4 Å². The Hall–Kier alpha value is -1.69. The highest BCUT2D eigenvalue weighted by Crippen LogP contribution is 2.18. The molecule has 4 nitrogen and oxygen atoms in total. The van der Waals surface area contributed by atoms with E-state index >= 15 is 0 Å². The summed E-state index contributed by atoms with van der Waals surface area (Å²) in [5.74, 6) is -0.336. The molecule has 20 heavy (non-hydrogen) atoms. The maximum absolute atomic E-state index is 13.2. The monoisotopic (exact) mass is 339 g/mol. The van der Waals surface area contributed by atoms with E-state index in [2.05, 4.69) is 26.3 Å². The lowest BCUT2D eigenvalue weighted by atomic mass is 10.2. The van der Waals surface area contributed by atoms with Crippen molar-refractivity contribution in [3.63, 3.8) is 0 Å². The van der Waals surface area contributed by atoms with Crippen LogP contribution in [0.5, 0.6) is 0 Å². The van der Waals surface area contributed by atoms with Crippen LogP contribution >= 0.6 is 15.9 Å². The number of anilines is 1. The lowest BCUT2D eigenvalue weighted by Crippen LogP contribution is -2.23. The fourth-order valence-electron chi connectivity index (χ4n) is 1.74. The number of halogens is 2. The fourth-order valence-corrected chi connectivity index (χ4v) is 2.12. The van der Waals surface area contributed by atoms with E-state index < -0.39 is 0 Å². The minimum atomic E-state index is -0.336. The van der Waals surface area contributed by atoms with Gasteiger partial charge in [-0.2, -0.15) is 5.10 Å². The first-order valence-corrected chi connectivity index (χ1v) is 7.14. The average Bonchev–Trinajstić information content (AvgIpc) is 2.43. The van der Waals surface area contributed by atoms with Crippen molar-refractivity contribution in [2.45, 2.75) is 19.9 Å². The van der Waals surface area contributed by atoms with Gasteiger partial charge in [-0.1, -0.05) is 22.9 Å². The van der Waals surface area contributed by atoms with Gasteiger partial charge in [0.05, 0.1) is 18.4 Å². The van der Waals surface area contributed by atoms with Crippen LogP contribution in [0.3, 0.4) is 0 Å². The van der Waals surface area contributed by atoms with Crippen molar-refractivity contribution < 1.29 is 4.39 Å². The molecule has 0 saturated heterocycles. The van der Waals surface area contributed by atoms with Gasteiger partial charge in [0, 0.05) is 17.1 Å². The molecule has 1 heterocycles. The topological polar surface area (TPSA) is 46.9 Å². The van der Waals surface area contributed by atoms with Crippen molar-refractivity contribution in [1.82, 2.24) is 9.78 Å². The Bertz CT molecular complexity index is 657. The lowest BCUT2D eigenvalue weighted by Gasteiger charge is -2.08. The van der Waals surface area contributed by atoms with Crippen LogP contribution in [0.25, 0.3) is 0 Å². The van der Waals surface area contributed by atoms with Crippen molar-refractivity contribution in [3.05, 3.63) is 56.7 Å². The van der Waals surface area contributed by atoms with Gasteiger partial charge in [0.25, 0.3) is 5.56 Å². The summed E-state index contributed by atoms with van der Waals surface area (Å²) in [6.45, 7) is 3.06. The van der Waals surface area contributed by atoms with Crippen LogP contribution in [0.15, 0.2) is 39.7 Å². The van der Waals surface area contributed by atoms with Gasteiger partial charge in [-0.25, -0.2) is 9.07 Å². The molecule has 0 aliphatic rings. The number of nitrogens with one attached hydrogen (secondary N) is 1. The van der Waals surface area contributed by atoms with E-state index in [1.54, 1.807) is 12.3 Å². The van der Waals surface area contributed by atoms with Crippen LogP contribution in [-0.2, 0) is 6.54 Å². The first kappa shape index (κ1) is 14.7. The molecule has 0 aliphatic heterocycles. The fraction of sp³-hybridized carbons (Fsp3) is 0.286. The number of hydrogen-bond acceptors (Lipinski definition) is 3. The molecule has 106 valence electrons. The van der Waals surface area contributed by atoms with E-state index in [9.17, 15) is 9.18 Å². The summed E-state index contributed by atoms with van der Waals surface area (Å²) in [5.41, 5.74) is 1.16. The molecule has 1 N–H and O–H groups in total. The highest BCUT2D eigenvalue weighted by atomic mass is 79.9. The van der Waals surface area contributed by atoms with Gasteiger partial charge in [-0.15, -0.1) is 0 Å². The van der Waals surface area contributed by atoms with Gasteiger partial charge in [-0.3, -0.25) is 4.79 Å². The molecule has 0 atom stereocenters. The van der Waals surface area contributed by atoms with Crippen LogP contribution in [0.1, 0.15) is 18.9 Å². The molecule has 0 bridgehead atoms. The summed E-state index contributed by atoms with van der Waals surface area (Å²) in [7, 11) is 0. The largest absolute Gasteiger partial charge is 0.384 e. The normalized spacial score (nSPS) is 10.6. The van der Waals surface area contributed by atoms with Crippen LogP contribution in [0.4, 0.5) is 10.1 Å².